The number of aromatic nitrogens is 5. The van der Waals surface area contributed by atoms with E-state index in [9.17, 15) is 8.42 Å². The molecule has 5 aromatic rings. The number of benzene rings is 2. The van der Waals surface area contributed by atoms with Crippen molar-refractivity contribution < 1.29 is 21.7 Å². The van der Waals surface area contributed by atoms with E-state index in [2.05, 4.69) is 25.8 Å². The van der Waals surface area contributed by atoms with E-state index >= 15 is 4.39 Å². The summed E-state index contributed by atoms with van der Waals surface area (Å²) in [6.45, 7) is 0.526. The largest absolute Gasteiger partial charge is 0.381 e. The predicted octanol–water partition coefficient (Wildman–Crippen LogP) is 4.53. The zero-order valence-electron chi connectivity index (χ0n) is 27.6. The fourth-order valence-electron chi connectivity index (χ4n) is 6.83. The number of sulfonamides is 1. The fourth-order valence-corrected chi connectivity index (χ4v) is 7.66. The van der Waals surface area contributed by atoms with Gasteiger partial charge in [0.25, 0.3) is 0 Å². The van der Waals surface area contributed by atoms with Crippen LogP contribution in [0.25, 0.3) is 33.2 Å². The van der Waals surface area contributed by atoms with E-state index in [1.807, 2.05) is 30.3 Å². The van der Waals surface area contributed by atoms with Crippen LogP contribution in [0.1, 0.15) is 34.3 Å². The van der Waals surface area contributed by atoms with Gasteiger partial charge in [0.15, 0.2) is 0 Å². The topological polar surface area (TPSA) is 98.4 Å². The number of halogens is 1. The van der Waals surface area contributed by atoms with E-state index in [-0.39, 0.29) is 17.4 Å². The molecule has 2 aliphatic heterocycles. The van der Waals surface area contributed by atoms with Crippen LogP contribution in [0, 0.1) is 18.6 Å². The van der Waals surface area contributed by atoms with Gasteiger partial charge in [-0.25, -0.2) is 17.5 Å². The number of ether oxygens (including phenoxy) is 1. The van der Waals surface area contributed by atoms with Gasteiger partial charge in [-0.05, 0) is 55.9 Å². The first-order valence-electron chi connectivity index (χ1n) is 16.3. The molecule has 0 bridgehead atoms. The van der Waals surface area contributed by atoms with Crippen molar-refractivity contribution in [3.8, 4) is 11.3 Å². The van der Waals surface area contributed by atoms with Crippen LogP contribution in [0.3, 0.4) is 0 Å². The first kappa shape index (κ1) is 25.5. The van der Waals surface area contributed by atoms with E-state index < -0.39 is 22.9 Å². The summed E-state index contributed by atoms with van der Waals surface area (Å²) in [7, 11) is -1.62. The molecule has 0 saturated carbocycles. The number of aryl methyl sites for hydroxylation is 2. The van der Waals surface area contributed by atoms with Crippen molar-refractivity contribution in [2.75, 3.05) is 50.5 Å². The molecule has 2 fully saturated rings. The third-order valence-corrected chi connectivity index (χ3v) is 10.3. The summed E-state index contributed by atoms with van der Waals surface area (Å²) in [5.41, 5.74) is 4.55. The summed E-state index contributed by atoms with van der Waals surface area (Å²) in [6, 6.07) is 14.5. The molecule has 0 radical (unpaired) electrons. The molecular formula is C32H36FN7O3S. The van der Waals surface area contributed by atoms with Gasteiger partial charge in [-0.15, -0.1) is 5.10 Å². The highest BCUT2D eigenvalue weighted by Crippen LogP contribution is 2.42. The number of hydrogen-bond acceptors (Lipinski definition) is 7. The first-order chi connectivity index (χ1) is 22.4. The minimum Gasteiger partial charge on any atom is -0.381 e. The second kappa shape index (κ2) is 11.2. The lowest BCUT2D eigenvalue weighted by Crippen LogP contribution is -2.48. The molecule has 3 aromatic heterocycles. The molecule has 0 aliphatic carbocycles. The predicted molar refractivity (Wildman–Crippen MR) is 169 cm³/mol. The number of pyridine rings is 1. The van der Waals surface area contributed by atoms with Gasteiger partial charge in [-0.2, -0.15) is 4.31 Å². The number of anilines is 1. The maximum atomic E-state index is 15.8. The highest BCUT2D eigenvalue weighted by Gasteiger charge is 2.32. The third kappa shape index (κ3) is 5.04. The molecule has 10 nitrogen and oxygen atoms in total. The molecule has 2 saturated heterocycles. The molecule has 230 valence electrons. The molecule has 0 unspecified atom stereocenters. The van der Waals surface area contributed by atoms with Crippen LogP contribution in [-0.2, 0) is 21.8 Å². The number of nitrogens with zero attached hydrogens (tertiary/aromatic N) is 7. The minimum atomic E-state index is -3.27. The lowest BCUT2D eigenvalue weighted by atomic mass is 9.86. The van der Waals surface area contributed by atoms with Crippen LogP contribution in [0.2, 0.25) is 0 Å². The second-order valence-electron chi connectivity index (χ2n) is 11.6. The summed E-state index contributed by atoms with van der Waals surface area (Å²) in [5, 5.41) is 8.85. The zero-order valence-corrected chi connectivity index (χ0v) is 25.5. The van der Waals surface area contributed by atoms with E-state index in [0.29, 0.717) is 61.7 Å². The Morgan fingerprint density at radius 2 is 1.82 bits per heavy atom. The van der Waals surface area contributed by atoms with Crippen molar-refractivity contribution in [1.82, 2.24) is 28.9 Å². The van der Waals surface area contributed by atoms with Gasteiger partial charge < -0.3 is 14.2 Å². The summed E-state index contributed by atoms with van der Waals surface area (Å²) < 4.78 is 75.0. The zero-order chi connectivity index (χ0) is 33.1. The van der Waals surface area contributed by atoms with E-state index in [4.69, 9.17) is 13.8 Å². The van der Waals surface area contributed by atoms with Gasteiger partial charge in [0, 0.05) is 79.0 Å². The molecule has 2 aromatic carbocycles. The molecule has 1 atom stereocenters. The Balaban J connectivity index is 1.45. The highest BCUT2D eigenvalue weighted by atomic mass is 32.2. The van der Waals surface area contributed by atoms with Gasteiger partial charge in [-0.1, -0.05) is 23.4 Å². The Labute approximate surface area is 260 Å². The van der Waals surface area contributed by atoms with Gasteiger partial charge in [0.1, 0.15) is 5.82 Å². The molecule has 0 amide bonds. The highest BCUT2D eigenvalue weighted by molar-refractivity contribution is 7.88. The Kier molecular flexibility index (Phi) is 6.51. The Morgan fingerprint density at radius 3 is 2.55 bits per heavy atom. The molecule has 2 aliphatic rings. The SMILES string of the molecule is [2H]C([2H])([2H])c1nnn(C)c1-c1cnc2c3cc(N4CCN(S(C)(=O)=O)CC4)ccc3n([C@H](c3ccccc3F)C3CCOCC3)c2c1. The molecule has 0 spiro atoms. The Hall–Kier alpha value is -3.87. The van der Waals surface area contributed by atoms with Gasteiger partial charge >= 0.3 is 0 Å². The van der Waals surface area contributed by atoms with Crippen molar-refractivity contribution >= 4 is 37.6 Å². The Bertz CT molecular complexity index is 2070. The Morgan fingerprint density at radius 1 is 1.05 bits per heavy atom. The summed E-state index contributed by atoms with van der Waals surface area (Å²) >= 11 is 0. The van der Waals surface area contributed by atoms with Crippen molar-refractivity contribution in [1.29, 1.82) is 0 Å². The molecule has 12 heteroatoms. The van der Waals surface area contributed by atoms with Crippen molar-refractivity contribution in [3.63, 3.8) is 0 Å². The van der Waals surface area contributed by atoms with Crippen LogP contribution in [0.5, 0.6) is 0 Å². The lowest BCUT2D eigenvalue weighted by molar-refractivity contribution is 0.0548. The first-order valence-corrected chi connectivity index (χ1v) is 16.6. The quantitative estimate of drug-likeness (QED) is 0.275. The fraction of sp³-hybridized carbons (Fsp3) is 0.406. The molecular weight excluding hydrogens is 581 g/mol. The average molecular weight is 621 g/mol. The van der Waals surface area contributed by atoms with Crippen LogP contribution < -0.4 is 4.90 Å². The monoisotopic (exact) mass is 620 g/mol. The third-order valence-electron chi connectivity index (χ3n) is 9.01. The summed E-state index contributed by atoms with van der Waals surface area (Å²) in [6.07, 6.45) is 4.36. The molecule has 7 rings (SSSR count). The normalized spacial score (nSPS) is 19.2. The summed E-state index contributed by atoms with van der Waals surface area (Å²) in [5.74, 6) is -0.243. The molecule has 44 heavy (non-hydrogen) atoms. The maximum Gasteiger partial charge on any atom is 0.211 e. The second-order valence-corrected chi connectivity index (χ2v) is 13.6. The van der Waals surface area contributed by atoms with Crippen molar-refractivity contribution in [2.24, 2.45) is 13.0 Å². The van der Waals surface area contributed by atoms with Crippen LogP contribution >= 0.6 is 0 Å². The van der Waals surface area contributed by atoms with E-state index in [1.54, 1.807) is 19.3 Å². The minimum absolute atomic E-state index is 0.0585. The van der Waals surface area contributed by atoms with Crippen LogP contribution in [-0.4, -0.2) is 82.9 Å². The number of fused-ring (bicyclic) bond motifs is 3. The number of piperazine rings is 1. The number of hydrogen-bond donors (Lipinski definition) is 0. The average Bonchev–Trinajstić information content (AvgIpc) is 3.60. The lowest BCUT2D eigenvalue weighted by Gasteiger charge is -2.35. The molecule has 0 N–H and O–H groups in total. The van der Waals surface area contributed by atoms with E-state index in [0.717, 1.165) is 34.9 Å². The smallest absolute Gasteiger partial charge is 0.211 e. The van der Waals surface area contributed by atoms with E-state index in [1.165, 1.54) is 21.3 Å². The number of rotatable bonds is 6. The maximum absolute atomic E-state index is 15.8. The van der Waals surface area contributed by atoms with Gasteiger partial charge in [-0.3, -0.25) is 4.98 Å². The standard InChI is InChI=1S/C32H36FN7O3S/c1-21-31(37(2)36-35-21)23-18-29-30(34-20-23)26-19-24(38-12-14-39(15-13-38)44(3,41)42)8-9-28(26)40(29)32(22-10-16-43-17-11-22)25-6-4-5-7-27(25)33/h4-9,18-20,22,32H,10-17H2,1-3H3/t32-/m0/s1/i1D3. The van der Waals surface area contributed by atoms with Gasteiger partial charge in [0.2, 0.25) is 10.0 Å². The molecule has 5 heterocycles. The summed E-state index contributed by atoms with van der Waals surface area (Å²) in [4.78, 5) is 7.09. The van der Waals surface area contributed by atoms with Crippen molar-refractivity contribution in [2.45, 2.75) is 25.7 Å². The van der Waals surface area contributed by atoms with Crippen LogP contribution in [0.4, 0.5) is 10.1 Å². The van der Waals surface area contributed by atoms with Crippen LogP contribution in [0.15, 0.2) is 54.7 Å². The van der Waals surface area contributed by atoms with Gasteiger partial charge in [0.05, 0.1) is 40.2 Å². The van der Waals surface area contributed by atoms with Crippen molar-refractivity contribution in [3.05, 3.63) is 71.8 Å².